The molecule has 6 nitrogen and oxygen atoms in total. The van der Waals surface area contributed by atoms with Crippen LogP contribution in [0.2, 0.25) is 0 Å². The van der Waals surface area contributed by atoms with Crippen molar-refractivity contribution in [2.75, 3.05) is 15.4 Å². The van der Waals surface area contributed by atoms with E-state index in [1.54, 1.807) is 48.8 Å². The molecule has 0 spiro atoms. The summed E-state index contributed by atoms with van der Waals surface area (Å²) in [5.74, 6) is 0. The van der Waals surface area contributed by atoms with Crippen LogP contribution in [0.5, 0.6) is 0 Å². The van der Waals surface area contributed by atoms with Crippen LogP contribution >= 0.6 is 0 Å². The summed E-state index contributed by atoms with van der Waals surface area (Å²) in [5.41, 5.74) is 2.07. The molecule has 1 unspecified atom stereocenters. The van der Waals surface area contributed by atoms with Crippen LogP contribution < -0.4 is 15.4 Å². The Morgan fingerprint density at radius 3 is 2.00 bits per heavy atom. The minimum absolute atomic E-state index is 0.335. The number of hydrogen-bond acceptors (Lipinski definition) is 4. The Labute approximate surface area is 148 Å². The lowest BCUT2D eigenvalue weighted by atomic mass is 10.3. The molecule has 1 atom stereocenters. The van der Waals surface area contributed by atoms with E-state index in [1.807, 2.05) is 30.3 Å². The van der Waals surface area contributed by atoms with Crippen LogP contribution in [0, 0.1) is 0 Å². The van der Waals surface area contributed by atoms with E-state index in [9.17, 15) is 9.35 Å². The third-order valence-corrected chi connectivity index (χ3v) is 4.41. The van der Waals surface area contributed by atoms with E-state index >= 15 is 0 Å². The maximum absolute atomic E-state index is 11.9. The van der Waals surface area contributed by atoms with Crippen LogP contribution in [-0.4, -0.2) is 15.6 Å². The number of anilines is 3. The standard InChI is InChI=1S/C18H16N4O2S/c23-18(21-15-10-12-19-13-11-15)20-14-6-8-16(9-7-14)22-25(24)17-4-2-1-3-5-17/h1-13,22,24H,(H-,19,20,21,23)/p+1. The maximum atomic E-state index is 11.9. The van der Waals surface area contributed by atoms with Crippen LogP contribution in [0.4, 0.5) is 21.9 Å². The van der Waals surface area contributed by atoms with Gasteiger partial charge in [-0.3, -0.25) is 4.98 Å². The highest BCUT2D eigenvalue weighted by Gasteiger charge is 2.19. The summed E-state index contributed by atoms with van der Waals surface area (Å²) in [6.07, 6.45) is 3.21. The van der Waals surface area contributed by atoms with E-state index in [0.29, 0.717) is 11.4 Å². The predicted molar refractivity (Wildman–Crippen MR) is 102 cm³/mol. The van der Waals surface area contributed by atoms with Crippen LogP contribution in [0.25, 0.3) is 0 Å². The van der Waals surface area contributed by atoms with Gasteiger partial charge in [-0.1, -0.05) is 18.2 Å². The molecule has 126 valence electrons. The molecule has 2 aromatic carbocycles. The number of nitrogens with zero attached hydrogens (tertiary/aromatic N) is 1. The molecule has 1 heterocycles. The molecular formula is C18H17N4O2S+. The smallest absolute Gasteiger partial charge is 0.308 e. The quantitative estimate of drug-likeness (QED) is 0.518. The summed E-state index contributed by atoms with van der Waals surface area (Å²) in [5, 5.41) is 5.46. The zero-order valence-electron chi connectivity index (χ0n) is 13.2. The molecule has 0 aliphatic heterocycles. The first-order valence-corrected chi connectivity index (χ1v) is 8.72. The van der Waals surface area contributed by atoms with Crippen molar-refractivity contribution >= 4 is 34.5 Å². The van der Waals surface area contributed by atoms with E-state index in [4.69, 9.17) is 0 Å². The van der Waals surface area contributed by atoms with E-state index in [-0.39, 0.29) is 6.03 Å². The molecule has 0 fully saturated rings. The Hall–Kier alpha value is -3.03. The Balaban J connectivity index is 1.56. The van der Waals surface area contributed by atoms with Crippen molar-refractivity contribution in [1.82, 2.24) is 4.98 Å². The highest BCUT2D eigenvalue weighted by Crippen LogP contribution is 2.18. The molecule has 7 heteroatoms. The number of benzene rings is 2. The molecule has 0 saturated heterocycles. The van der Waals surface area contributed by atoms with Crippen LogP contribution in [0.15, 0.2) is 84.0 Å². The maximum Gasteiger partial charge on any atom is 0.323 e. The normalized spacial score (nSPS) is 11.4. The molecule has 0 radical (unpaired) electrons. The molecule has 3 aromatic rings. The first kappa shape index (κ1) is 16.8. The minimum Gasteiger partial charge on any atom is -0.308 e. The summed E-state index contributed by atoms with van der Waals surface area (Å²) in [7, 11) is 0. The fourth-order valence-electron chi connectivity index (χ4n) is 2.07. The lowest BCUT2D eigenvalue weighted by molar-refractivity contribution is 0.262. The second-order valence-corrected chi connectivity index (χ2v) is 6.34. The molecule has 4 N–H and O–H groups in total. The molecule has 2 amide bonds. The van der Waals surface area contributed by atoms with Crippen LogP contribution in [0.1, 0.15) is 0 Å². The highest BCUT2D eigenvalue weighted by atomic mass is 32.2. The number of aromatic nitrogens is 1. The topological polar surface area (TPSA) is 86.3 Å². The van der Waals surface area contributed by atoms with Gasteiger partial charge in [0.15, 0.2) is 0 Å². The molecule has 3 rings (SSSR count). The zero-order chi connectivity index (χ0) is 17.5. The number of amides is 2. The van der Waals surface area contributed by atoms with Gasteiger partial charge in [0, 0.05) is 23.8 Å². The Morgan fingerprint density at radius 2 is 1.36 bits per heavy atom. The van der Waals surface area contributed by atoms with Gasteiger partial charge in [-0.05, 0) is 48.5 Å². The molecule has 0 aliphatic carbocycles. The van der Waals surface area contributed by atoms with E-state index in [2.05, 4.69) is 20.3 Å². The number of carbonyl (C=O) groups excluding carboxylic acids is 1. The van der Waals surface area contributed by atoms with E-state index in [1.165, 1.54) is 0 Å². The summed E-state index contributed by atoms with van der Waals surface area (Å²) < 4.78 is 13.2. The largest absolute Gasteiger partial charge is 0.323 e. The fraction of sp³-hybridized carbons (Fsp3) is 0. The van der Waals surface area contributed by atoms with Crippen LogP contribution in [0.3, 0.4) is 0 Å². The third kappa shape index (κ3) is 4.97. The summed E-state index contributed by atoms with van der Waals surface area (Å²) >= 11 is -1.08. The average Bonchev–Trinajstić information content (AvgIpc) is 2.65. The summed E-state index contributed by atoms with van der Waals surface area (Å²) in [6, 6.07) is 19.6. The average molecular weight is 353 g/mol. The van der Waals surface area contributed by atoms with Crippen molar-refractivity contribution < 1.29 is 9.35 Å². The summed E-state index contributed by atoms with van der Waals surface area (Å²) in [6.45, 7) is 0. The van der Waals surface area contributed by atoms with E-state index in [0.717, 1.165) is 10.6 Å². The lowest BCUT2D eigenvalue weighted by Gasteiger charge is -2.08. The number of urea groups is 1. The van der Waals surface area contributed by atoms with Crippen molar-refractivity contribution in [3.8, 4) is 0 Å². The third-order valence-electron chi connectivity index (χ3n) is 3.26. The summed E-state index contributed by atoms with van der Waals surface area (Å²) in [4.78, 5) is 16.6. The Morgan fingerprint density at radius 1 is 0.800 bits per heavy atom. The number of carbonyl (C=O) groups is 1. The van der Waals surface area contributed by atoms with Crippen LogP contribution in [-0.2, 0) is 11.4 Å². The second kappa shape index (κ2) is 8.18. The zero-order valence-corrected chi connectivity index (χ0v) is 14.0. The number of pyridine rings is 1. The first-order valence-electron chi connectivity index (χ1n) is 7.54. The van der Waals surface area contributed by atoms with Gasteiger partial charge in [0.25, 0.3) is 0 Å². The van der Waals surface area contributed by atoms with Gasteiger partial charge in [0.1, 0.15) is 0 Å². The van der Waals surface area contributed by atoms with Gasteiger partial charge in [0.05, 0.1) is 5.69 Å². The van der Waals surface area contributed by atoms with Gasteiger partial charge in [-0.15, -0.1) is 0 Å². The first-order chi connectivity index (χ1) is 12.2. The molecule has 25 heavy (non-hydrogen) atoms. The van der Waals surface area contributed by atoms with Gasteiger partial charge in [-0.25, -0.2) is 4.79 Å². The number of hydrogen-bond donors (Lipinski definition) is 4. The van der Waals surface area contributed by atoms with Crippen molar-refractivity contribution in [2.24, 2.45) is 0 Å². The van der Waals surface area contributed by atoms with E-state index < -0.39 is 11.4 Å². The second-order valence-electron chi connectivity index (χ2n) is 5.09. The number of nitrogens with one attached hydrogen (secondary N) is 3. The van der Waals surface area contributed by atoms with Crippen molar-refractivity contribution in [1.29, 1.82) is 0 Å². The fourth-order valence-corrected chi connectivity index (χ4v) is 2.96. The molecule has 0 saturated carbocycles. The van der Waals surface area contributed by atoms with Crippen molar-refractivity contribution in [3.05, 3.63) is 79.1 Å². The monoisotopic (exact) mass is 353 g/mol. The Bertz CT molecular complexity index is 813. The molecular weight excluding hydrogens is 336 g/mol. The minimum atomic E-state index is -1.08. The lowest BCUT2D eigenvalue weighted by Crippen LogP contribution is -2.19. The van der Waals surface area contributed by atoms with Gasteiger partial charge in [0.2, 0.25) is 4.90 Å². The Kier molecular flexibility index (Phi) is 5.50. The van der Waals surface area contributed by atoms with Gasteiger partial charge in [-0.2, -0.15) is 9.27 Å². The highest BCUT2D eigenvalue weighted by molar-refractivity contribution is 7.92. The molecule has 0 aliphatic rings. The van der Waals surface area contributed by atoms with Crippen molar-refractivity contribution in [2.45, 2.75) is 4.90 Å². The van der Waals surface area contributed by atoms with Gasteiger partial charge >= 0.3 is 17.4 Å². The molecule has 0 bridgehead atoms. The predicted octanol–water partition coefficient (Wildman–Crippen LogP) is 4.20. The number of rotatable bonds is 5. The van der Waals surface area contributed by atoms with Crippen molar-refractivity contribution in [3.63, 3.8) is 0 Å². The molecule has 1 aromatic heterocycles. The van der Waals surface area contributed by atoms with Gasteiger partial charge < -0.3 is 10.6 Å². The SMILES string of the molecule is O=C(Nc1ccncc1)Nc1ccc(N[S+](O)c2ccccc2)cc1.